The summed E-state index contributed by atoms with van der Waals surface area (Å²) in [6, 6.07) is 13.3. The Balaban J connectivity index is 1.91. The first-order chi connectivity index (χ1) is 11.0. The van der Waals surface area contributed by atoms with Crippen molar-refractivity contribution in [2.45, 2.75) is 11.1 Å². The number of H-pyrrole nitrogens is 1. The Kier molecular flexibility index (Phi) is 4.01. The van der Waals surface area contributed by atoms with E-state index in [1.165, 1.54) is 12.1 Å². The molecule has 0 radical (unpaired) electrons. The summed E-state index contributed by atoms with van der Waals surface area (Å²) in [7, 11) is -3.66. The van der Waals surface area contributed by atoms with Gasteiger partial charge in [-0.25, -0.2) is 13.5 Å². The van der Waals surface area contributed by atoms with Gasteiger partial charge in [-0.05, 0) is 36.8 Å². The number of nitrogens with one attached hydrogen (secondary N) is 2. The summed E-state index contributed by atoms with van der Waals surface area (Å²) in [6.07, 6.45) is 0. The maximum atomic E-state index is 12.5. The van der Waals surface area contributed by atoms with Crippen LogP contribution in [-0.2, 0) is 10.0 Å². The van der Waals surface area contributed by atoms with Crippen molar-refractivity contribution in [2.75, 3.05) is 4.72 Å². The predicted octanol–water partition coefficient (Wildman–Crippen LogP) is 2.61. The van der Waals surface area contributed by atoms with Crippen LogP contribution in [0, 0.1) is 6.92 Å². The van der Waals surface area contributed by atoms with Gasteiger partial charge in [-0.2, -0.15) is 5.10 Å². The van der Waals surface area contributed by atoms with Crippen LogP contribution in [0.4, 0.5) is 5.69 Å². The topological polar surface area (TPSA) is 91.9 Å². The Bertz CT molecular complexity index is 986. The summed E-state index contributed by atoms with van der Waals surface area (Å²) in [5, 5.41) is 6.23. The number of aryl methyl sites for hydroxylation is 1. The molecule has 0 spiro atoms. The van der Waals surface area contributed by atoms with Crippen LogP contribution in [0.15, 0.2) is 57.5 Å². The molecule has 0 aliphatic rings. The normalized spacial score (nSPS) is 11.3. The zero-order valence-electron chi connectivity index (χ0n) is 12.1. The van der Waals surface area contributed by atoms with Crippen molar-refractivity contribution < 1.29 is 8.42 Å². The fourth-order valence-corrected chi connectivity index (χ4v) is 4.37. The van der Waals surface area contributed by atoms with Crippen LogP contribution in [0.5, 0.6) is 0 Å². The highest BCUT2D eigenvalue weighted by Gasteiger charge is 2.18. The van der Waals surface area contributed by atoms with E-state index in [0.717, 1.165) is 16.9 Å². The van der Waals surface area contributed by atoms with Gasteiger partial charge in [0.1, 0.15) is 9.90 Å². The highest BCUT2D eigenvalue weighted by atomic mass is 32.2. The van der Waals surface area contributed by atoms with Crippen LogP contribution in [0.1, 0.15) is 5.56 Å². The molecule has 6 nitrogen and oxygen atoms in total. The van der Waals surface area contributed by atoms with Crippen molar-refractivity contribution in [1.29, 1.82) is 0 Å². The quantitative estimate of drug-likeness (QED) is 0.759. The first-order valence-electron chi connectivity index (χ1n) is 6.70. The third-order valence-electron chi connectivity index (χ3n) is 3.17. The molecular weight excluding hydrogens is 334 g/mol. The predicted molar refractivity (Wildman–Crippen MR) is 90.2 cm³/mol. The molecule has 0 atom stereocenters. The Hall–Kier alpha value is -2.45. The van der Waals surface area contributed by atoms with Crippen molar-refractivity contribution in [2.24, 2.45) is 0 Å². The Labute approximate surface area is 136 Å². The van der Waals surface area contributed by atoms with Gasteiger partial charge in [0, 0.05) is 6.07 Å². The third-order valence-corrected chi connectivity index (χ3v) is 6.13. The zero-order chi connectivity index (χ0) is 16.4. The molecule has 3 rings (SSSR count). The molecule has 118 valence electrons. The number of para-hydroxylation sites is 1. The van der Waals surface area contributed by atoms with Gasteiger partial charge in [0.25, 0.3) is 15.6 Å². The van der Waals surface area contributed by atoms with Gasteiger partial charge in [-0.1, -0.05) is 18.2 Å². The van der Waals surface area contributed by atoms with Gasteiger partial charge in [0.2, 0.25) is 0 Å². The van der Waals surface area contributed by atoms with Crippen molar-refractivity contribution >= 4 is 27.0 Å². The summed E-state index contributed by atoms with van der Waals surface area (Å²) in [5.74, 6) is 0. The van der Waals surface area contributed by atoms with E-state index in [4.69, 9.17) is 0 Å². The van der Waals surface area contributed by atoms with E-state index in [-0.39, 0.29) is 9.77 Å². The van der Waals surface area contributed by atoms with Crippen LogP contribution in [-0.4, -0.2) is 18.6 Å². The average Bonchev–Trinajstić information content (AvgIpc) is 3.01. The Morgan fingerprint density at radius 2 is 1.87 bits per heavy atom. The number of rotatable bonds is 4. The van der Waals surface area contributed by atoms with Crippen molar-refractivity contribution in [3.05, 3.63) is 64.4 Å². The summed E-state index contributed by atoms with van der Waals surface area (Å²) >= 11 is 1.09. The van der Waals surface area contributed by atoms with E-state index >= 15 is 0 Å². The van der Waals surface area contributed by atoms with Crippen LogP contribution in [0.25, 0.3) is 10.6 Å². The van der Waals surface area contributed by atoms with E-state index in [0.29, 0.717) is 16.3 Å². The van der Waals surface area contributed by atoms with Gasteiger partial charge in [0.15, 0.2) is 0 Å². The van der Waals surface area contributed by atoms with Gasteiger partial charge < -0.3 is 0 Å². The number of aromatic nitrogens is 2. The molecule has 23 heavy (non-hydrogen) atoms. The number of nitrogens with zero attached hydrogens (tertiary/aromatic N) is 1. The van der Waals surface area contributed by atoms with Gasteiger partial charge in [0.05, 0.1) is 10.6 Å². The Morgan fingerprint density at radius 3 is 2.57 bits per heavy atom. The lowest BCUT2D eigenvalue weighted by molar-refractivity contribution is 0.603. The van der Waals surface area contributed by atoms with E-state index in [1.54, 1.807) is 24.3 Å². The number of hydrogen-bond acceptors (Lipinski definition) is 5. The number of thiophene rings is 1. The lowest BCUT2D eigenvalue weighted by Gasteiger charge is -2.08. The smallest absolute Gasteiger partial charge is 0.271 e. The molecule has 0 amide bonds. The van der Waals surface area contributed by atoms with Gasteiger partial charge >= 0.3 is 0 Å². The maximum absolute atomic E-state index is 12.5. The fourth-order valence-electron chi connectivity index (χ4n) is 1.97. The molecule has 2 N–H and O–H groups in total. The highest BCUT2D eigenvalue weighted by molar-refractivity contribution is 7.94. The SMILES string of the molecule is Cc1ccccc1NS(=O)(=O)c1ccc(-c2ccc(=O)[nH]n2)s1. The second-order valence-electron chi connectivity index (χ2n) is 4.85. The van der Waals surface area contributed by atoms with Crippen molar-refractivity contribution in [1.82, 2.24) is 10.2 Å². The lowest BCUT2D eigenvalue weighted by Crippen LogP contribution is -2.12. The maximum Gasteiger partial charge on any atom is 0.271 e. The first kappa shape index (κ1) is 15.4. The number of anilines is 1. The third kappa shape index (κ3) is 3.33. The molecule has 0 fully saturated rings. The number of hydrogen-bond donors (Lipinski definition) is 2. The summed E-state index contributed by atoms with van der Waals surface area (Å²) in [4.78, 5) is 11.7. The first-order valence-corrected chi connectivity index (χ1v) is 9.00. The summed E-state index contributed by atoms with van der Waals surface area (Å²) in [5.41, 5.74) is 1.60. The molecule has 2 heterocycles. The van der Waals surface area contributed by atoms with Crippen LogP contribution in [0.2, 0.25) is 0 Å². The average molecular weight is 347 g/mol. The van der Waals surface area contributed by atoms with Gasteiger partial charge in [-0.15, -0.1) is 11.3 Å². The molecule has 0 aliphatic heterocycles. The lowest BCUT2D eigenvalue weighted by atomic mass is 10.2. The molecular formula is C15H13N3O3S2. The van der Waals surface area contributed by atoms with Crippen LogP contribution < -0.4 is 10.3 Å². The number of benzene rings is 1. The van der Waals surface area contributed by atoms with Crippen molar-refractivity contribution in [3.63, 3.8) is 0 Å². The largest absolute Gasteiger partial charge is 0.279 e. The van der Waals surface area contributed by atoms with Crippen molar-refractivity contribution in [3.8, 4) is 10.6 Å². The summed E-state index contributed by atoms with van der Waals surface area (Å²) < 4.78 is 27.7. The standard InChI is InChI=1S/C15H13N3O3S2/c1-10-4-2-3-5-11(10)18-23(20,21)15-9-7-13(22-15)12-6-8-14(19)17-16-12/h2-9,18H,1H3,(H,17,19). The molecule has 0 unspecified atom stereocenters. The minimum absolute atomic E-state index is 0.184. The van der Waals surface area contributed by atoms with Crippen LogP contribution >= 0.6 is 11.3 Å². The molecule has 1 aromatic carbocycles. The van der Waals surface area contributed by atoms with E-state index in [1.807, 2.05) is 19.1 Å². The second-order valence-corrected chi connectivity index (χ2v) is 7.84. The number of sulfonamides is 1. The molecule has 3 aromatic rings. The summed E-state index contributed by atoms with van der Waals surface area (Å²) in [6.45, 7) is 1.84. The minimum atomic E-state index is -3.66. The molecule has 0 saturated carbocycles. The van der Waals surface area contributed by atoms with Gasteiger partial charge in [-0.3, -0.25) is 9.52 Å². The number of aromatic amines is 1. The highest BCUT2D eigenvalue weighted by Crippen LogP contribution is 2.30. The molecule has 0 aliphatic carbocycles. The monoisotopic (exact) mass is 347 g/mol. The second kappa shape index (κ2) is 5.98. The fraction of sp³-hybridized carbons (Fsp3) is 0.0667. The molecule has 0 bridgehead atoms. The Morgan fingerprint density at radius 1 is 1.09 bits per heavy atom. The van der Waals surface area contributed by atoms with Crippen LogP contribution in [0.3, 0.4) is 0 Å². The molecule has 8 heteroatoms. The molecule has 0 saturated heterocycles. The zero-order valence-corrected chi connectivity index (χ0v) is 13.7. The molecule has 2 aromatic heterocycles. The minimum Gasteiger partial charge on any atom is -0.279 e. The van der Waals surface area contributed by atoms with E-state index < -0.39 is 10.0 Å². The van der Waals surface area contributed by atoms with E-state index in [2.05, 4.69) is 14.9 Å². The van der Waals surface area contributed by atoms with E-state index in [9.17, 15) is 13.2 Å².